The summed E-state index contributed by atoms with van der Waals surface area (Å²) in [6.07, 6.45) is 1.42. The molecule has 0 aliphatic heterocycles. The Morgan fingerprint density at radius 1 is 1.38 bits per heavy atom. The first-order valence-electron chi connectivity index (χ1n) is 3.73. The molecule has 0 saturated carbocycles. The summed E-state index contributed by atoms with van der Waals surface area (Å²) in [5, 5.41) is 10.3. The summed E-state index contributed by atoms with van der Waals surface area (Å²) in [6.45, 7) is 1.63. The monoisotopic (exact) mass is 178 g/mol. The summed E-state index contributed by atoms with van der Waals surface area (Å²) in [7, 11) is 0. The topological polar surface area (TPSA) is 60.2 Å². The Balaban J connectivity index is 2.93. The van der Waals surface area contributed by atoms with Crippen LogP contribution in [0.2, 0.25) is 0 Å². The van der Waals surface area contributed by atoms with E-state index in [1.54, 1.807) is 6.92 Å². The summed E-state index contributed by atoms with van der Waals surface area (Å²) in [6, 6.07) is 5.52. The third-order valence-electron chi connectivity index (χ3n) is 1.62. The molecule has 0 heterocycles. The molecule has 0 atom stereocenters. The van der Waals surface area contributed by atoms with E-state index >= 15 is 0 Å². The number of carbonyl (C=O) groups is 1. The number of ketones is 1. The predicted molar refractivity (Wildman–Crippen MR) is 47.4 cm³/mol. The van der Waals surface area contributed by atoms with E-state index in [-0.39, 0.29) is 11.5 Å². The largest absolute Gasteiger partial charge is 0.294 e. The Labute approximate surface area is 75.3 Å². The molecule has 4 nitrogen and oxygen atoms in total. The standard InChI is InChI=1S/C9H8NO3/c1-2-9(11)7-3-5-8(6-4-7)10(12)13/h2-6H,1H3. The van der Waals surface area contributed by atoms with Gasteiger partial charge in [-0.1, -0.05) is 6.92 Å². The van der Waals surface area contributed by atoms with Crippen molar-refractivity contribution in [3.05, 3.63) is 46.4 Å². The van der Waals surface area contributed by atoms with Crippen LogP contribution < -0.4 is 0 Å². The van der Waals surface area contributed by atoms with Crippen LogP contribution in [-0.2, 0) is 0 Å². The molecule has 0 aliphatic carbocycles. The Morgan fingerprint density at radius 3 is 2.31 bits per heavy atom. The number of carbonyl (C=O) groups excluding carboxylic acids is 1. The molecule has 0 saturated heterocycles. The molecule has 67 valence electrons. The lowest BCUT2D eigenvalue weighted by molar-refractivity contribution is -0.384. The Kier molecular flexibility index (Phi) is 2.74. The first kappa shape index (κ1) is 9.38. The second-order valence-electron chi connectivity index (χ2n) is 2.46. The van der Waals surface area contributed by atoms with Gasteiger partial charge in [-0.15, -0.1) is 0 Å². The molecule has 1 aromatic carbocycles. The van der Waals surface area contributed by atoms with E-state index in [0.717, 1.165) is 0 Å². The van der Waals surface area contributed by atoms with Crippen LogP contribution in [0.5, 0.6) is 0 Å². The van der Waals surface area contributed by atoms with E-state index in [4.69, 9.17) is 0 Å². The summed E-state index contributed by atoms with van der Waals surface area (Å²) in [5.74, 6) is -0.130. The highest BCUT2D eigenvalue weighted by atomic mass is 16.6. The molecule has 0 unspecified atom stereocenters. The van der Waals surface area contributed by atoms with Gasteiger partial charge in [0.25, 0.3) is 5.69 Å². The number of nitro benzene ring substituents is 1. The van der Waals surface area contributed by atoms with E-state index in [0.29, 0.717) is 5.56 Å². The molecule has 1 radical (unpaired) electrons. The van der Waals surface area contributed by atoms with Gasteiger partial charge >= 0.3 is 0 Å². The summed E-state index contributed by atoms with van der Waals surface area (Å²) >= 11 is 0. The van der Waals surface area contributed by atoms with Crippen LogP contribution in [0, 0.1) is 16.5 Å². The van der Waals surface area contributed by atoms with Crippen molar-refractivity contribution in [3.8, 4) is 0 Å². The second kappa shape index (κ2) is 3.80. The van der Waals surface area contributed by atoms with E-state index in [1.165, 1.54) is 30.7 Å². The van der Waals surface area contributed by atoms with Crippen LogP contribution in [0.15, 0.2) is 24.3 Å². The van der Waals surface area contributed by atoms with E-state index in [2.05, 4.69) is 0 Å². The minimum absolute atomic E-state index is 0.00680. The number of hydrogen-bond acceptors (Lipinski definition) is 3. The molecule has 0 amide bonds. The highest BCUT2D eigenvalue weighted by molar-refractivity contribution is 6.02. The van der Waals surface area contributed by atoms with Crippen molar-refractivity contribution in [2.24, 2.45) is 0 Å². The fraction of sp³-hybridized carbons (Fsp3) is 0.111. The molecule has 4 heteroatoms. The minimum atomic E-state index is -0.496. The van der Waals surface area contributed by atoms with Crippen LogP contribution in [0.4, 0.5) is 5.69 Å². The zero-order valence-electron chi connectivity index (χ0n) is 7.06. The third kappa shape index (κ3) is 2.11. The number of Topliss-reactive ketones (excluding diaryl/α,β-unsaturated/α-hetero) is 1. The zero-order chi connectivity index (χ0) is 9.84. The first-order valence-corrected chi connectivity index (χ1v) is 3.73. The number of benzene rings is 1. The summed E-state index contributed by atoms with van der Waals surface area (Å²) in [5.41, 5.74) is 0.459. The van der Waals surface area contributed by atoms with Crippen molar-refractivity contribution >= 4 is 11.5 Å². The predicted octanol–water partition coefficient (Wildman–Crippen LogP) is 2.00. The molecular weight excluding hydrogens is 170 g/mol. The maximum Gasteiger partial charge on any atom is 0.269 e. The van der Waals surface area contributed by atoms with Gasteiger partial charge in [0.05, 0.1) is 4.92 Å². The van der Waals surface area contributed by atoms with Crippen molar-refractivity contribution in [1.82, 2.24) is 0 Å². The van der Waals surface area contributed by atoms with E-state index in [1.807, 2.05) is 0 Å². The molecule has 1 rings (SSSR count). The van der Waals surface area contributed by atoms with Gasteiger partial charge in [-0.25, -0.2) is 0 Å². The summed E-state index contributed by atoms with van der Waals surface area (Å²) < 4.78 is 0. The molecule has 0 aromatic heterocycles. The van der Waals surface area contributed by atoms with Crippen molar-refractivity contribution in [2.45, 2.75) is 6.92 Å². The van der Waals surface area contributed by atoms with Crippen molar-refractivity contribution in [1.29, 1.82) is 0 Å². The lowest BCUT2D eigenvalue weighted by atomic mass is 10.1. The maximum absolute atomic E-state index is 11.1. The fourth-order valence-corrected chi connectivity index (χ4v) is 0.914. The van der Waals surface area contributed by atoms with Crippen LogP contribution in [0.25, 0.3) is 0 Å². The van der Waals surface area contributed by atoms with Crippen molar-refractivity contribution < 1.29 is 9.72 Å². The van der Waals surface area contributed by atoms with Gasteiger partial charge in [0.15, 0.2) is 5.78 Å². The van der Waals surface area contributed by atoms with Gasteiger partial charge in [-0.05, 0) is 12.1 Å². The lowest BCUT2D eigenvalue weighted by Gasteiger charge is -1.95. The number of nitrogens with zero attached hydrogens (tertiary/aromatic N) is 1. The molecular formula is C9H8NO3. The van der Waals surface area contributed by atoms with Crippen molar-refractivity contribution in [3.63, 3.8) is 0 Å². The Morgan fingerprint density at radius 2 is 1.92 bits per heavy atom. The van der Waals surface area contributed by atoms with Gasteiger partial charge in [-0.3, -0.25) is 14.9 Å². The maximum atomic E-state index is 11.1. The van der Waals surface area contributed by atoms with Gasteiger partial charge in [0, 0.05) is 24.1 Å². The van der Waals surface area contributed by atoms with Crippen LogP contribution in [-0.4, -0.2) is 10.7 Å². The molecule has 0 aliphatic rings. The molecule has 13 heavy (non-hydrogen) atoms. The third-order valence-corrected chi connectivity index (χ3v) is 1.62. The number of non-ortho nitro benzene ring substituents is 1. The summed E-state index contributed by atoms with van der Waals surface area (Å²) in [4.78, 5) is 20.8. The zero-order valence-corrected chi connectivity index (χ0v) is 7.06. The fourth-order valence-electron chi connectivity index (χ4n) is 0.914. The smallest absolute Gasteiger partial charge is 0.269 e. The number of rotatable bonds is 3. The minimum Gasteiger partial charge on any atom is -0.294 e. The Hall–Kier alpha value is -1.71. The molecule has 0 bridgehead atoms. The first-order chi connectivity index (χ1) is 6.15. The van der Waals surface area contributed by atoms with Gasteiger partial charge in [0.1, 0.15) is 0 Å². The van der Waals surface area contributed by atoms with Crippen LogP contribution in [0.1, 0.15) is 17.3 Å². The van der Waals surface area contributed by atoms with Crippen LogP contribution >= 0.6 is 0 Å². The van der Waals surface area contributed by atoms with Gasteiger partial charge in [-0.2, -0.15) is 0 Å². The SMILES string of the molecule is C[CH]C(=O)c1ccc([N+](=O)[O-])cc1. The van der Waals surface area contributed by atoms with Gasteiger partial charge in [0.2, 0.25) is 0 Å². The molecule has 0 fully saturated rings. The average Bonchev–Trinajstić information content (AvgIpc) is 2.17. The number of hydrogen-bond donors (Lipinski definition) is 0. The van der Waals surface area contributed by atoms with E-state index in [9.17, 15) is 14.9 Å². The highest BCUT2D eigenvalue weighted by Crippen LogP contribution is 2.12. The molecule has 1 aromatic rings. The second-order valence-corrected chi connectivity index (χ2v) is 2.46. The average molecular weight is 178 g/mol. The molecule has 0 N–H and O–H groups in total. The van der Waals surface area contributed by atoms with E-state index < -0.39 is 4.92 Å². The van der Waals surface area contributed by atoms with Gasteiger partial charge < -0.3 is 0 Å². The molecule has 0 spiro atoms. The quantitative estimate of drug-likeness (QED) is 0.404. The van der Waals surface area contributed by atoms with Crippen LogP contribution in [0.3, 0.4) is 0 Å². The highest BCUT2D eigenvalue weighted by Gasteiger charge is 2.07. The van der Waals surface area contributed by atoms with Crippen molar-refractivity contribution in [2.75, 3.05) is 0 Å². The lowest BCUT2D eigenvalue weighted by Crippen LogP contribution is -1.97. The number of nitro groups is 1. The normalized spacial score (nSPS) is 9.62. The Bertz CT molecular complexity index is 329.